The lowest BCUT2D eigenvalue weighted by Crippen LogP contribution is -2.18. The SMILES string of the molecule is NS(=O)(=O)c1ncc(OC(F)(F)F)cc1Cl. The number of rotatable bonds is 2. The lowest BCUT2D eigenvalue weighted by Gasteiger charge is -2.09. The topological polar surface area (TPSA) is 82.3 Å². The zero-order valence-corrected chi connectivity index (χ0v) is 8.90. The number of ether oxygens (including phenoxy) is 1. The van der Waals surface area contributed by atoms with E-state index in [0.717, 1.165) is 0 Å². The average Bonchev–Trinajstić information content (AvgIpc) is 1.97. The van der Waals surface area contributed by atoms with Crippen LogP contribution in [0, 0.1) is 0 Å². The van der Waals surface area contributed by atoms with Crippen molar-refractivity contribution in [3.63, 3.8) is 0 Å². The maximum Gasteiger partial charge on any atom is 0.573 e. The van der Waals surface area contributed by atoms with Gasteiger partial charge in [0.1, 0.15) is 5.75 Å². The molecule has 5 nitrogen and oxygen atoms in total. The zero-order valence-electron chi connectivity index (χ0n) is 7.32. The summed E-state index contributed by atoms with van der Waals surface area (Å²) >= 11 is 5.37. The van der Waals surface area contributed by atoms with Crippen LogP contribution in [0.25, 0.3) is 0 Å². The summed E-state index contributed by atoms with van der Waals surface area (Å²) in [6, 6.07) is 0.655. The number of pyridine rings is 1. The normalized spacial score (nSPS) is 12.6. The second-order valence-corrected chi connectivity index (χ2v) is 4.43. The van der Waals surface area contributed by atoms with E-state index in [1.54, 1.807) is 0 Å². The first-order valence-corrected chi connectivity index (χ1v) is 5.46. The molecule has 90 valence electrons. The van der Waals surface area contributed by atoms with Crippen LogP contribution in [0.5, 0.6) is 5.75 Å². The van der Waals surface area contributed by atoms with Crippen molar-refractivity contribution in [1.29, 1.82) is 0 Å². The predicted molar refractivity (Wildman–Crippen MR) is 47.3 cm³/mol. The average molecular weight is 277 g/mol. The third-order valence-electron chi connectivity index (χ3n) is 1.29. The highest BCUT2D eigenvalue weighted by Crippen LogP contribution is 2.27. The summed E-state index contributed by atoms with van der Waals surface area (Å²) < 4.78 is 60.4. The molecule has 16 heavy (non-hydrogen) atoms. The van der Waals surface area contributed by atoms with Crippen LogP contribution in [-0.4, -0.2) is 19.8 Å². The third-order valence-corrected chi connectivity index (χ3v) is 2.55. The number of hydrogen-bond acceptors (Lipinski definition) is 4. The van der Waals surface area contributed by atoms with Crippen molar-refractivity contribution in [2.45, 2.75) is 11.4 Å². The Morgan fingerprint density at radius 3 is 2.38 bits per heavy atom. The molecule has 0 aliphatic carbocycles. The summed E-state index contributed by atoms with van der Waals surface area (Å²) in [6.45, 7) is 0. The van der Waals surface area contributed by atoms with Crippen LogP contribution in [0.15, 0.2) is 17.3 Å². The zero-order chi connectivity index (χ0) is 12.6. The van der Waals surface area contributed by atoms with Gasteiger partial charge in [0, 0.05) is 6.07 Å². The van der Waals surface area contributed by atoms with Crippen molar-refractivity contribution in [2.24, 2.45) is 5.14 Å². The fourth-order valence-electron chi connectivity index (χ4n) is 0.807. The Hall–Kier alpha value is -1.06. The summed E-state index contributed by atoms with van der Waals surface area (Å²) in [5.74, 6) is -0.732. The van der Waals surface area contributed by atoms with Crippen molar-refractivity contribution in [2.75, 3.05) is 0 Å². The van der Waals surface area contributed by atoms with Gasteiger partial charge >= 0.3 is 6.36 Å². The number of halogens is 4. The molecule has 1 aromatic rings. The molecule has 1 rings (SSSR count). The number of sulfonamides is 1. The van der Waals surface area contributed by atoms with Gasteiger partial charge in [0.2, 0.25) is 0 Å². The molecule has 0 amide bonds. The highest BCUT2D eigenvalue weighted by atomic mass is 35.5. The van der Waals surface area contributed by atoms with Crippen molar-refractivity contribution in [3.05, 3.63) is 17.3 Å². The minimum absolute atomic E-state index is 0.552. The predicted octanol–water partition coefficient (Wildman–Crippen LogP) is 1.28. The minimum Gasteiger partial charge on any atom is -0.404 e. The van der Waals surface area contributed by atoms with Crippen LogP contribution in [0.1, 0.15) is 0 Å². The monoisotopic (exact) mass is 276 g/mol. The molecule has 0 aliphatic heterocycles. The molecule has 0 spiro atoms. The van der Waals surface area contributed by atoms with Crippen LogP contribution in [0.3, 0.4) is 0 Å². The van der Waals surface area contributed by atoms with Crippen LogP contribution in [0.4, 0.5) is 13.2 Å². The van der Waals surface area contributed by atoms with Gasteiger partial charge in [-0.15, -0.1) is 13.2 Å². The van der Waals surface area contributed by atoms with Crippen molar-refractivity contribution >= 4 is 21.6 Å². The molecule has 0 aliphatic rings. The molecular formula is C6H4ClF3N2O3S. The fraction of sp³-hybridized carbons (Fsp3) is 0.167. The standard InChI is InChI=1S/C6H4ClF3N2O3S/c7-4-1-3(15-6(8,9)10)2-12-5(4)16(11,13)14/h1-2H,(H2,11,13,14). The molecule has 1 aromatic heterocycles. The van der Waals surface area contributed by atoms with E-state index in [1.807, 2.05) is 0 Å². The highest BCUT2D eigenvalue weighted by Gasteiger charge is 2.31. The van der Waals surface area contributed by atoms with E-state index in [2.05, 4.69) is 9.72 Å². The fourth-order valence-corrected chi connectivity index (χ4v) is 1.82. The number of hydrogen-bond donors (Lipinski definition) is 1. The van der Waals surface area contributed by atoms with Gasteiger partial charge in [-0.2, -0.15) is 0 Å². The van der Waals surface area contributed by atoms with Crippen LogP contribution in [0.2, 0.25) is 5.02 Å². The van der Waals surface area contributed by atoms with Gasteiger partial charge in [0.05, 0.1) is 11.2 Å². The summed E-state index contributed by atoms with van der Waals surface area (Å²) in [4.78, 5) is 3.16. The molecule has 1 heterocycles. The van der Waals surface area contributed by atoms with Crippen molar-refractivity contribution < 1.29 is 26.3 Å². The Balaban J connectivity index is 3.10. The first-order chi connectivity index (χ1) is 7.09. The number of primary sulfonamides is 1. The van der Waals surface area contributed by atoms with Gasteiger partial charge < -0.3 is 4.74 Å². The summed E-state index contributed by atoms with van der Waals surface area (Å²) in [7, 11) is -4.17. The van der Waals surface area contributed by atoms with Gasteiger partial charge in [-0.25, -0.2) is 18.5 Å². The van der Waals surface area contributed by atoms with Crippen LogP contribution < -0.4 is 9.88 Å². The van der Waals surface area contributed by atoms with Gasteiger partial charge in [0.25, 0.3) is 10.0 Å². The summed E-state index contributed by atoms with van der Waals surface area (Å²) in [5, 5.41) is 3.43. The van der Waals surface area contributed by atoms with E-state index in [-0.39, 0.29) is 0 Å². The number of nitrogens with two attached hydrogens (primary N) is 1. The highest BCUT2D eigenvalue weighted by molar-refractivity contribution is 7.89. The molecule has 0 saturated heterocycles. The molecule has 0 atom stereocenters. The maximum absolute atomic E-state index is 11.8. The Morgan fingerprint density at radius 2 is 2.00 bits per heavy atom. The van der Waals surface area contributed by atoms with Crippen LogP contribution in [-0.2, 0) is 10.0 Å². The molecule has 0 bridgehead atoms. The minimum atomic E-state index is -4.91. The molecule has 10 heteroatoms. The largest absolute Gasteiger partial charge is 0.573 e. The van der Waals surface area contributed by atoms with Crippen molar-refractivity contribution in [3.8, 4) is 5.75 Å². The van der Waals surface area contributed by atoms with Gasteiger partial charge in [0.15, 0.2) is 5.03 Å². The lowest BCUT2D eigenvalue weighted by atomic mass is 10.5. The van der Waals surface area contributed by atoms with Gasteiger partial charge in [-0.1, -0.05) is 11.6 Å². The second kappa shape index (κ2) is 4.07. The quantitative estimate of drug-likeness (QED) is 0.882. The number of alkyl halides is 3. The molecule has 0 fully saturated rings. The maximum atomic E-state index is 11.8. The molecule has 0 aromatic carbocycles. The summed E-state index contributed by atoms with van der Waals surface area (Å²) in [5.41, 5.74) is 0. The van der Waals surface area contributed by atoms with E-state index in [9.17, 15) is 21.6 Å². The third kappa shape index (κ3) is 3.51. The smallest absolute Gasteiger partial charge is 0.404 e. The summed E-state index contributed by atoms with van der Waals surface area (Å²) in [6.07, 6.45) is -4.35. The van der Waals surface area contributed by atoms with E-state index in [4.69, 9.17) is 16.7 Å². The lowest BCUT2D eigenvalue weighted by molar-refractivity contribution is -0.274. The van der Waals surface area contributed by atoms with E-state index in [0.29, 0.717) is 12.3 Å². The van der Waals surface area contributed by atoms with E-state index >= 15 is 0 Å². The Bertz CT molecular complexity index is 502. The van der Waals surface area contributed by atoms with E-state index < -0.39 is 32.2 Å². The Kier molecular flexibility index (Phi) is 3.31. The van der Waals surface area contributed by atoms with Crippen LogP contribution >= 0.6 is 11.6 Å². The molecule has 0 unspecified atom stereocenters. The van der Waals surface area contributed by atoms with Gasteiger partial charge in [-0.3, -0.25) is 0 Å². The first kappa shape index (κ1) is 13.0. The van der Waals surface area contributed by atoms with Crippen molar-refractivity contribution in [1.82, 2.24) is 4.98 Å². The number of aromatic nitrogens is 1. The Labute approximate surface area is 93.0 Å². The number of nitrogens with zero attached hydrogens (tertiary/aromatic N) is 1. The second-order valence-electron chi connectivity index (χ2n) is 2.55. The molecule has 0 saturated carbocycles. The molecule has 0 radical (unpaired) electrons. The molecule has 2 N–H and O–H groups in total. The van der Waals surface area contributed by atoms with Gasteiger partial charge in [-0.05, 0) is 0 Å². The Morgan fingerprint density at radius 1 is 1.44 bits per heavy atom. The first-order valence-electron chi connectivity index (χ1n) is 3.54. The molecular weight excluding hydrogens is 273 g/mol. The van der Waals surface area contributed by atoms with E-state index in [1.165, 1.54) is 0 Å².